The van der Waals surface area contributed by atoms with Crippen molar-refractivity contribution in [1.29, 1.82) is 0 Å². The summed E-state index contributed by atoms with van der Waals surface area (Å²) >= 11 is 6.04. The number of hydrogen-bond donors (Lipinski definition) is 2. The van der Waals surface area contributed by atoms with Crippen molar-refractivity contribution in [1.82, 2.24) is 0 Å². The van der Waals surface area contributed by atoms with Gasteiger partial charge >= 0.3 is 0 Å². The summed E-state index contributed by atoms with van der Waals surface area (Å²) in [4.78, 5) is 12.0. The van der Waals surface area contributed by atoms with Gasteiger partial charge in [-0.1, -0.05) is 44.5 Å². The average molecular weight is 255 g/mol. The molecule has 1 aromatic rings. The van der Waals surface area contributed by atoms with Crippen LogP contribution >= 0.6 is 11.6 Å². The van der Waals surface area contributed by atoms with Crippen molar-refractivity contribution in [2.24, 2.45) is 11.1 Å². The van der Waals surface area contributed by atoms with Crippen LogP contribution < -0.4 is 11.1 Å². The standard InChI is InChI=1S/C13H19ClN2O/c1-8-6-5-7-9(14)10(8)16-12(17)11(15)13(2,3)4/h5-7,11H,15H2,1-4H3,(H,16,17). The number of rotatable bonds is 2. The lowest BCUT2D eigenvalue weighted by Gasteiger charge is -2.26. The number of nitrogens with one attached hydrogen (secondary N) is 1. The maximum Gasteiger partial charge on any atom is 0.241 e. The monoisotopic (exact) mass is 254 g/mol. The van der Waals surface area contributed by atoms with Gasteiger partial charge in [-0.15, -0.1) is 0 Å². The predicted octanol–water partition coefficient (Wildman–Crippen LogP) is 2.96. The number of amides is 1. The summed E-state index contributed by atoms with van der Waals surface area (Å²) in [6.45, 7) is 7.67. The third-order valence-corrected chi connectivity index (χ3v) is 3.00. The number of aryl methyl sites for hydroxylation is 1. The molecule has 0 aliphatic rings. The van der Waals surface area contributed by atoms with Crippen LogP contribution in [0.15, 0.2) is 18.2 Å². The summed E-state index contributed by atoms with van der Waals surface area (Å²) in [6, 6.07) is 4.91. The summed E-state index contributed by atoms with van der Waals surface area (Å²) in [6.07, 6.45) is 0. The number of para-hydroxylation sites is 1. The van der Waals surface area contributed by atoms with E-state index in [0.717, 1.165) is 5.56 Å². The number of nitrogens with two attached hydrogens (primary N) is 1. The van der Waals surface area contributed by atoms with Crippen molar-refractivity contribution in [3.8, 4) is 0 Å². The number of halogens is 1. The van der Waals surface area contributed by atoms with Crippen molar-refractivity contribution >= 4 is 23.2 Å². The molecule has 0 fully saturated rings. The van der Waals surface area contributed by atoms with Crippen LogP contribution in [0, 0.1) is 12.3 Å². The molecule has 1 amide bonds. The van der Waals surface area contributed by atoms with Gasteiger partial charge in [-0.05, 0) is 24.0 Å². The number of carbonyl (C=O) groups excluding carboxylic acids is 1. The Morgan fingerprint density at radius 2 is 2.00 bits per heavy atom. The van der Waals surface area contributed by atoms with Gasteiger partial charge in [-0.25, -0.2) is 0 Å². The van der Waals surface area contributed by atoms with Gasteiger partial charge in [0, 0.05) is 0 Å². The normalized spacial score (nSPS) is 13.3. The third kappa shape index (κ3) is 3.45. The Labute approximate surface area is 107 Å². The molecule has 1 atom stereocenters. The van der Waals surface area contributed by atoms with E-state index in [0.29, 0.717) is 10.7 Å². The molecule has 0 saturated heterocycles. The summed E-state index contributed by atoms with van der Waals surface area (Å²) in [5.74, 6) is -0.214. The van der Waals surface area contributed by atoms with Crippen LogP contribution in [0.25, 0.3) is 0 Å². The highest BCUT2D eigenvalue weighted by molar-refractivity contribution is 6.34. The maximum atomic E-state index is 12.0. The van der Waals surface area contributed by atoms with Gasteiger partial charge in [-0.3, -0.25) is 4.79 Å². The molecule has 17 heavy (non-hydrogen) atoms. The second-order valence-electron chi connectivity index (χ2n) is 5.26. The molecule has 1 unspecified atom stereocenters. The highest BCUT2D eigenvalue weighted by Gasteiger charge is 2.27. The highest BCUT2D eigenvalue weighted by Crippen LogP contribution is 2.26. The number of hydrogen-bond acceptors (Lipinski definition) is 2. The van der Waals surface area contributed by atoms with Crippen LogP contribution in [-0.2, 0) is 4.79 Å². The van der Waals surface area contributed by atoms with Crippen molar-refractivity contribution in [2.45, 2.75) is 33.7 Å². The Hall–Kier alpha value is -1.06. The van der Waals surface area contributed by atoms with Crippen LogP contribution in [0.4, 0.5) is 5.69 Å². The molecule has 3 N–H and O–H groups in total. The Kier molecular flexibility index (Phi) is 4.17. The highest BCUT2D eigenvalue weighted by atomic mass is 35.5. The number of anilines is 1. The Morgan fingerprint density at radius 1 is 1.41 bits per heavy atom. The second kappa shape index (κ2) is 5.07. The minimum Gasteiger partial charge on any atom is -0.323 e. The first-order chi connectivity index (χ1) is 7.73. The van der Waals surface area contributed by atoms with Gasteiger partial charge in [0.1, 0.15) is 0 Å². The van der Waals surface area contributed by atoms with Crippen LogP contribution in [0.2, 0.25) is 5.02 Å². The predicted molar refractivity (Wildman–Crippen MR) is 72.2 cm³/mol. The fraction of sp³-hybridized carbons (Fsp3) is 0.462. The molecular weight excluding hydrogens is 236 g/mol. The lowest BCUT2D eigenvalue weighted by Crippen LogP contribution is -2.45. The van der Waals surface area contributed by atoms with E-state index in [1.807, 2.05) is 39.8 Å². The lowest BCUT2D eigenvalue weighted by atomic mass is 9.87. The van der Waals surface area contributed by atoms with Crippen molar-refractivity contribution in [3.05, 3.63) is 28.8 Å². The molecule has 0 heterocycles. The van der Waals surface area contributed by atoms with E-state index in [1.54, 1.807) is 6.07 Å². The van der Waals surface area contributed by atoms with Crippen LogP contribution in [0.1, 0.15) is 26.3 Å². The molecule has 1 aromatic carbocycles. The van der Waals surface area contributed by atoms with E-state index in [9.17, 15) is 4.79 Å². The fourth-order valence-corrected chi connectivity index (χ4v) is 1.65. The quantitative estimate of drug-likeness (QED) is 0.853. The van der Waals surface area contributed by atoms with E-state index in [-0.39, 0.29) is 11.3 Å². The average Bonchev–Trinajstić information content (AvgIpc) is 2.21. The molecule has 0 spiro atoms. The number of benzene rings is 1. The summed E-state index contributed by atoms with van der Waals surface area (Å²) in [7, 11) is 0. The molecule has 4 heteroatoms. The van der Waals surface area contributed by atoms with Gasteiger partial charge < -0.3 is 11.1 Å². The zero-order valence-electron chi connectivity index (χ0n) is 10.7. The van der Waals surface area contributed by atoms with Crippen LogP contribution in [0.3, 0.4) is 0 Å². The maximum absolute atomic E-state index is 12.0. The molecule has 0 saturated carbocycles. The van der Waals surface area contributed by atoms with Gasteiger partial charge in [0.05, 0.1) is 16.8 Å². The Morgan fingerprint density at radius 3 is 2.47 bits per heavy atom. The van der Waals surface area contributed by atoms with E-state index in [2.05, 4.69) is 5.32 Å². The van der Waals surface area contributed by atoms with Crippen molar-refractivity contribution < 1.29 is 4.79 Å². The summed E-state index contributed by atoms with van der Waals surface area (Å²) in [5, 5.41) is 3.32. The SMILES string of the molecule is Cc1cccc(Cl)c1NC(=O)C(N)C(C)(C)C. The van der Waals surface area contributed by atoms with E-state index < -0.39 is 6.04 Å². The topological polar surface area (TPSA) is 55.1 Å². The largest absolute Gasteiger partial charge is 0.323 e. The molecular formula is C13H19ClN2O. The first kappa shape index (κ1) is 14.0. The van der Waals surface area contributed by atoms with E-state index >= 15 is 0 Å². The molecule has 0 bridgehead atoms. The molecule has 0 aliphatic heterocycles. The molecule has 94 valence electrons. The first-order valence-electron chi connectivity index (χ1n) is 5.55. The van der Waals surface area contributed by atoms with Gasteiger partial charge in [0.2, 0.25) is 5.91 Å². The van der Waals surface area contributed by atoms with Gasteiger partial charge in [-0.2, -0.15) is 0 Å². The summed E-state index contributed by atoms with van der Waals surface area (Å²) < 4.78 is 0. The molecule has 0 aromatic heterocycles. The van der Waals surface area contributed by atoms with Crippen molar-refractivity contribution in [2.75, 3.05) is 5.32 Å². The van der Waals surface area contributed by atoms with Crippen LogP contribution in [0.5, 0.6) is 0 Å². The van der Waals surface area contributed by atoms with E-state index in [1.165, 1.54) is 0 Å². The fourth-order valence-electron chi connectivity index (χ4n) is 1.38. The zero-order valence-corrected chi connectivity index (χ0v) is 11.4. The summed E-state index contributed by atoms with van der Waals surface area (Å²) in [5.41, 5.74) is 7.17. The molecule has 3 nitrogen and oxygen atoms in total. The van der Waals surface area contributed by atoms with E-state index in [4.69, 9.17) is 17.3 Å². The molecule has 0 radical (unpaired) electrons. The Balaban J connectivity index is 2.89. The minimum absolute atomic E-state index is 0.214. The lowest BCUT2D eigenvalue weighted by molar-refractivity contribution is -0.119. The van der Waals surface area contributed by atoms with Gasteiger partial charge in [0.15, 0.2) is 0 Å². The van der Waals surface area contributed by atoms with Gasteiger partial charge in [0.25, 0.3) is 0 Å². The smallest absolute Gasteiger partial charge is 0.241 e. The second-order valence-corrected chi connectivity index (χ2v) is 5.67. The first-order valence-corrected chi connectivity index (χ1v) is 5.93. The molecule has 0 aliphatic carbocycles. The third-order valence-electron chi connectivity index (χ3n) is 2.69. The zero-order chi connectivity index (χ0) is 13.2. The minimum atomic E-state index is -0.571. The molecule has 1 rings (SSSR count). The van der Waals surface area contributed by atoms with Crippen molar-refractivity contribution in [3.63, 3.8) is 0 Å². The van der Waals surface area contributed by atoms with Crippen LogP contribution in [-0.4, -0.2) is 11.9 Å². The number of carbonyl (C=O) groups is 1. The Bertz CT molecular complexity index is 404.